The van der Waals surface area contributed by atoms with Gasteiger partial charge in [-0.3, -0.25) is 4.68 Å². The predicted octanol–water partition coefficient (Wildman–Crippen LogP) is 2.35. The third-order valence-corrected chi connectivity index (χ3v) is 5.43. The zero-order valence-electron chi connectivity index (χ0n) is 14.6. The molecular formula is C18H20N4O4S. The second kappa shape index (κ2) is 8.03. The van der Waals surface area contributed by atoms with E-state index in [-0.39, 0.29) is 6.10 Å². The minimum atomic E-state index is -0.905. The molecule has 27 heavy (non-hydrogen) atoms. The zero-order valence-corrected chi connectivity index (χ0v) is 15.4. The highest BCUT2D eigenvalue weighted by molar-refractivity contribution is 7.17. The summed E-state index contributed by atoms with van der Waals surface area (Å²) >= 11 is 1.24. The normalized spacial score (nSPS) is 18.6. The molecule has 0 radical (unpaired) electrons. The topological polar surface area (TPSA) is 98.0 Å². The summed E-state index contributed by atoms with van der Waals surface area (Å²) in [7, 11) is 0. The Labute approximate surface area is 160 Å². The molecule has 0 bridgehead atoms. The number of thiophene rings is 1. The van der Waals surface area contributed by atoms with Gasteiger partial charge in [-0.05, 0) is 31.2 Å². The fourth-order valence-electron chi connectivity index (χ4n) is 2.95. The Balaban J connectivity index is 1.20. The van der Waals surface area contributed by atoms with Crippen LogP contribution in [0, 0.1) is 0 Å². The fraction of sp³-hybridized carbons (Fsp3) is 0.389. The molecule has 2 aromatic rings. The molecule has 0 spiro atoms. The second-order valence-corrected chi connectivity index (χ2v) is 7.35. The third-order valence-electron chi connectivity index (χ3n) is 4.33. The van der Waals surface area contributed by atoms with Crippen LogP contribution in [-0.4, -0.2) is 52.7 Å². The van der Waals surface area contributed by atoms with Gasteiger partial charge in [0, 0.05) is 25.7 Å². The largest absolute Gasteiger partial charge is 0.477 e. The molecule has 142 valence electrons. The number of aliphatic imine (C=N–C) groups is 1. The molecule has 0 amide bonds. The number of hydrogen-bond acceptors (Lipinski definition) is 7. The number of fused-ring (bicyclic) bond motifs is 1. The first kappa shape index (κ1) is 17.9. The van der Waals surface area contributed by atoms with Crippen LogP contribution in [0.2, 0.25) is 0 Å². The van der Waals surface area contributed by atoms with Gasteiger partial charge in [-0.25, -0.2) is 9.79 Å². The maximum Gasteiger partial charge on any atom is 0.345 e. The molecule has 9 heteroatoms. The van der Waals surface area contributed by atoms with Crippen molar-refractivity contribution in [3.05, 3.63) is 41.0 Å². The van der Waals surface area contributed by atoms with Crippen LogP contribution in [0.4, 0.5) is 0 Å². The summed E-state index contributed by atoms with van der Waals surface area (Å²) < 4.78 is 12.6. The zero-order chi connectivity index (χ0) is 18.6. The summed E-state index contributed by atoms with van der Waals surface area (Å²) in [4.78, 5) is 16.6. The van der Waals surface area contributed by atoms with Gasteiger partial charge in [-0.15, -0.1) is 11.3 Å². The maximum atomic E-state index is 11.0. The number of rotatable bonds is 8. The van der Waals surface area contributed by atoms with Gasteiger partial charge >= 0.3 is 5.97 Å². The van der Waals surface area contributed by atoms with Crippen molar-refractivity contribution in [2.45, 2.75) is 25.5 Å². The summed E-state index contributed by atoms with van der Waals surface area (Å²) in [6.07, 6.45) is 5.75. The molecule has 2 aliphatic rings. The number of carboxylic acids is 1. The SMILES string of the molecule is O=C(O)c1ccc(-c2ccn(CCCNCC3=CCC4OCOC4=N3)n2)s1. The van der Waals surface area contributed by atoms with Gasteiger partial charge < -0.3 is 19.9 Å². The van der Waals surface area contributed by atoms with Gasteiger partial charge in [-0.2, -0.15) is 5.10 Å². The lowest BCUT2D eigenvalue weighted by atomic mass is 10.1. The minimum absolute atomic E-state index is 0.00214. The van der Waals surface area contributed by atoms with Gasteiger partial charge in [0.25, 0.3) is 0 Å². The van der Waals surface area contributed by atoms with Crippen molar-refractivity contribution < 1.29 is 19.4 Å². The number of nitrogens with one attached hydrogen (secondary N) is 1. The van der Waals surface area contributed by atoms with E-state index in [0.29, 0.717) is 24.1 Å². The molecule has 1 saturated heterocycles. The van der Waals surface area contributed by atoms with Gasteiger partial charge in [0.05, 0.1) is 10.6 Å². The van der Waals surface area contributed by atoms with E-state index in [1.165, 1.54) is 11.3 Å². The molecule has 0 aromatic carbocycles. The van der Waals surface area contributed by atoms with Crippen LogP contribution in [0.15, 0.2) is 41.2 Å². The van der Waals surface area contributed by atoms with Crippen molar-refractivity contribution >= 4 is 23.2 Å². The first-order chi connectivity index (χ1) is 13.2. The van der Waals surface area contributed by atoms with Gasteiger partial charge in [-0.1, -0.05) is 6.08 Å². The van der Waals surface area contributed by atoms with Gasteiger partial charge in [0.15, 0.2) is 6.79 Å². The Morgan fingerprint density at radius 2 is 2.33 bits per heavy atom. The number of ether oxygens (including phenoxy) is 2. The first-order valence-corrected chi connectivity index (χ1v) is 9.60. The molecule has 1 unspecified atom stereocenters. The van der Waals surface area contributed by atoms with Crippen molar-refractivity contribution in [3.8, 4) is 10.6 Å². The van der Waals surface area contributed by atoms with E-state index in [9.17, 15) is 4.79 Å². The Hall–Kier alpha value is -2.49. The lowest BCUT2D eigenvalue weighted by Crippen LogP contribution is -2.24. The Morgan fingerprint density at radius 3 is 3.19 bits per heavy atom. The third kappa shape index (κ3) is 4.26. The van der Waals surface area contributed by atoms with E-state index in [1.54, 1.807) is 12.1 Å². The van der Waals surface area contributed by atoms with E-state index in [2.05, 4.69) is 21.5 Å². The molecule has 0 aliphatic carbocycles. The number of aryl methyl sites for hydroxylation is 1. The number of aromatic nitrogens is 2. The molecule has 1 fully saturated rings. The van der Waals surface area contributed by atoms with Crippen molar-refractivity contribution in [3.63, 3.8) is 0 Å². The molecule has 2 N–H and O–H groups in total. The Kier molecular flexibility index (Phi) is 5.33. The van der Waals surface area contributed by atoms with E-state index >= 15 is 0 Å². The molecule has 2 aromatic heterocycles. The smallest absolute Gasteiger partial charge is 0.345 e. The highest BCUT2D eigenvalue weighted by atomic mass is 32.1. The lowest BCUT2D eigenvalue weighted by molar-refractivity contribution is 0.0529. The summed E-state index contributed by atoms with van der Waals surface area (Å²) in [5, 5.41) is 16.9. The molecule has 8 nitrogen and oxygen atoms in total. The summed E-state index contributed by atoms with van der Waals surface area (Å²) in [6.45, 7) is 2.64. The number of hydrogen-bond donors (Lipinski definition) is 2. The van der Waals surface area contributed by atoms with Crippen LogP contribution in [0.1, 0.15) is 22.5 Å². The van der Waals surface area contributed by atoms with E-state index in [1.807, 2.05) is 16.9 Å². The summed E-state index contributed by atoms with van der Waals surface area (Å²) in [6, 6.07) is 5.32. The number of carboxylic acid groups (broad SMARTS) is 1. The number of carbonyl (C=O) groups is 1. The average Bonchev–Trinajstić information content (AvgIpc) is 3.40. The van der Waals surface area contributed by atoms with Crippen molar-refractivity contribution in [2.75, 3.05) is 19.9 Å². The van der Waals surface area contributed by atoms with Crippen LogP contribution in [-0.2, 0) is 16.0 Å². The quantitative estimate of drug-likeness (QED) is 0.674. The van der Waals surface area contributed by atoms with Crippen molar-refractivity contribution in [1.82, 2.24) is 15.1 Å². The van der Waals surface area contributed by atoms with Crippen LogP contribution in [0.3, 0.4) is 0 Å². The summed E-state index contributed by atoms with van der Waals surface area (Å²) in [5.41, 5.74) is 1.79. The van der Waals surface area contributed by atoms with Crippen LogP contribution < -0.4 is 5.32 Å². The van der Waals surface area contributed by atoms with Gasteiger partial charge in [0.2, 0.25) is 5.90 Å². The highest BCUT2D eigenvalue weighted by Gasteiger charge is 2.27. The van der Waals surface area contributed by atoms with E-state index in [0.717, 1.165) is 42.2 Å². The molecule has 4 heterocycles. The van der Waals surface area contributed by atoms with Crippen LogP contribution >= 0.6 is 11.3 Å². The van der Waals surface area contributed by atoms with E-state index in [4.69, 9.17) is 14.6 Å². The second-order valence-electron chi connectivity index (χ2n) is 6.26. The van der Waals surface area contributed by atoms with Crippen molar-refractivity contribution in [1.29, 1.82) is 0 Å². The van der Waals surface area contributed by atoms with Gasteiger partial charge in [0.1, 0.15) is 16.7 Å². The maximum absolute atomic E-state index is 11.0. The number of aromatic carboxylic acids is 1. The van der Waals surface area contributed by atoms with Crippen molar-refractivity contribution in [2.24, 2.45) is 4.99 Å². The summed E-state index contributed by atoms with van der Waals surface area (Å²) in [5.74, 6) is -0.212. The molecular weight excluding hydrogens is 368 g/mol. The molecule has 0 saturated carbocycles. The molecule has 2 aliphatic heterocycles. The highest BCUT2D eigenvalue weighted by Crippen LogP contribution is 2.26. The monoisotopic (exact) mass is 388 g/mol. The average molecular weight is 388 g/mol. The number of nitrogens with zero attached hydrogens (tertiary/aromatic N) is 3. The standard InChI is InChI=1S/C18H20N4O4S/c23-18(24)16-5-4-15(27-16)13-6-9-22(21-13)8-1-7-19-10-12-2-3-14-17(20-12)26-11-25-14/h2,4-6,9,14,19H,1,3,7-8,10-11H2,(H,23,24). The van der Waals surface area contributed by atoms with E-state index < -0.39 is 5.97 Å². The predicted molar refractivity (Wildman–Crippen MR) is 101 cm³/mol. The minimum Gasteiger partial charge on any atom is -0.477 e. The van der Waals surface area contributed by atoms with Crippen LogP contribution in [0.25, 0.3) is 10.6 Å². The fourth-order valence-corrected chi connectivity index (χ4v) is 3.76. The Morgan fingerprint density at radius 1 is 1.41 bits per heavy atom. The molecule has 1 atom stereocenters. The van der Waals surface area contributed by atoms with Crippen LogP contribution in [0.5, 0.6) is 0 Å². The first-order valence-electron chi connectivity index (χ1n) is 8.79. The molecule has 4 rings (SSSR count). The Bertz CT molecular complexity index is 886. The lowest BCUT2D eigenvalue weighted by Gasteiger charge is -2.13.